The second-order valence-corrected chi connectivity index (χ2v) is 4.79. The Balaban J connectivity index is 2.39. The molecule has 4 nitrogen and oxygen atoms in total. The lowest BCUT2D eigenvalue weighted by Crippen LogP contribution is -1.99. The molecule has 0 aliphatic carbocycles. The van der Waals surface area contributed by atoms with Gasteiger partial charge in [0.2, 0.25) is 0 Å². The van der Waals surface area contributed by atoms with Crippen LogP contribution in [0, 0.1) is 11.3 Å². The van der Waals surface area contributed by atoms with E-state index < -0.39 is 0 Å². The zero-order valence-corrected chi connectivity index (χ0v) is 13.2. The molecule has 0 atom stereocenters. The molecule has 0 saturated heterocycles. The molecule has 0 saturated carbocycles. The highest BCUT2D eigenvalue weighted by Crippen LogP contribution is 2.31. The molecule has 0 spiro atoms. The summed E-state index contributed by atoms with van der Waals surface area (Å²) in [6.45, 7) is 4.88. The maximum atomic E-state index is 9.45. The average Bonchev–Trinajstić information content (AvgIpc) is 2.56. The lowest BCUT2D eigenvalue weighted by Gasteiger charge is -2.12. The molecule has 118 valence electrons. The number of hydrogen-bond donors (Lipinski definition) is 1. The molecule has 2 aromatic rings. The minimum absolute atomic E-state index is 0.195. The number of allylic oxidation sites excluding steroid dienone is 1. The van der Waals surface area contributed by atoms with Crippen LogP contribution in [0.1, 0.15) is 25.0 Å². The van der Waals surface area contributed by atoms with Gasteiger partial charge < -0.3 is 14.6 Å². The van der Waals surface area contributed by atoms with Crippen LogP contribution in [-0.4, -0.2) is 18.3 Å². The first kappa shape index (κ1) is 16.4. The summed E-state index contributed by atoms with van der Waals surface area (Å²) in [6, 6.07) is 14.3. The number of aromatic hydroxyl groups is 1. The molecular formula is C19H19NO3. The van der Waals surface area contributed by atoms with Crippen LogP contribution in [0.3, 0.4) is 0 Å². The first-order valence-electron chi connectivity index (χ1n) is 7.48. The molecule has 0 heterocycles. The summed E-state index contributed by atoms with van der Waals surface area (Å²) in [5, 5.41) is 18.8. The minimum atomic E-state index is 0.195. The SMILES string of the molecule is CCOc1ccc(/C(C#N)=C/c2ccc(O)cc2)cc1OCC. The second kappa shape index (κ2) is 7.90. The smallest absolute Gasteiger partial charge is 0.161 e. The molecule has 0 unspecified atom stereocenters. The number of phenolic OH excluding ortho intramolecular Hbond substituents is 1. The zero-order valence-electron chi connectivity index (χ0n) is 13.2. The summed E-state index contributed by atoms with van der Waals surface area (Å²) >= 11 is 0. The normalized spacial score (nSPS) is 10.9. The summed E-state index contributed by atoms with van der Waals surface area (Å²) in [5.41, 5.74) is 2.11. The van der Waals surface area contributed by atoms with Gasteiger partial charge in [-0.15, -0.1) is 0 Å². The van der Waals surface area contributed by atoms with Crippen molar-refractivity contribution in [3.63, 3.8) is 0 Å². The summed E-state index contributed by atoms with van der Waals surface area (Å²) < 4.78 is 11.1. The summed E-state index contributed by atoms with van der Waals surface area (Å²) in [7, 11) is 0. The molecule has 0 aliphatic heterocycles. The van der Waals surface area contributed by atoms with Crippen LogP contribution in [-0.2, 0) is 0 Å². The number of nitriles is 1. The van der Waals surface area contributed by atoms with Gasteiger partial charge in [0.25, 0.3) is 0 Å². The second-order valence-electron chi connectivity index (χ2n) is 4.79. The Hall–Kier alpha value is -2.93. The maximum Gasteiger partial charge on any atom is 0.161 e. The van der Waals surface area contributed by atoms with E-state index in [-0.39, 0.29) is 5.75 Å². The van der Waals surface area contributed by atoms with Crippen molar-refractivity contribution in [2.24, 2.45) is 0 Å². The summed E-state index contributed by atoms with van der Waals surface area (Å²) in [6.07, 6.45) is 1.77. The van der Waals surface area contributed by atoms with Gasteiger partial charge in [0, 0.05) is 0 Å². The van der Waals surface area contributed by atoms with Crippen molar-refractivity contribution >= 4 is 11.6 Å². The molecule has 23 heavy (non-hydrogen) atoms. The summed E-state index contributed by atoms with van der Waals surface area (Å²) in [5.74, 6) is 1.49. The van der Waals surface area contributed by atoms with E-state index in [9.17, 15) is 10.4 Å². The first-order chi connectivity index (χ1) is 11.2. The fourth-order valence-electron chi connectivity index (χ4n) is 2.14. The fourth-order valence-corrected chi connectivity index (χ4v) is 2.14. The number of rotatable bonds is 6. The molecule has 0 bridgehead atoms. The molecule has 0 radical (unpaired) electrons. The van der Waals surface area contributed by atoms with Crippen molar-refractivity contribution < 1.29 is 14.6 Å². The van der Waals surface area contributed by atoms with Gasteiger partial charge >= 0.3 is 0 Å². The number of ether oxygens (including phenoxy) is 2. The number of hydrogen-bond acceptors (Lipinski definition) is 4. The van der Waals surface area contributed by atoms with Crippen molar-refractivity contribution in [2.75, 3.05) is 13.2 Å². The Kier molecular flexibility index (Phi) is 5.65. The molecule has 0 fully saturated rings. The van der Waals surface area contributed by atoms with Gasteiger partial charge in [-0.05, 0) is 61.4 Å². The monoisotopic (exact) mass is 309 g/mol. The third-order valence-corrected chi connectivity index (χ3v) is 3.18. The molecule has 4 heteroatoms. The van der Waals surface area contributed by atoms with E-state index in [2.05, 4.69) is 6.07 Å². The van der Waals surface area contributed by atoms with E-state index >= 15 is 0 Å². The Morgan fingerprint density at radius 2 is 1.70 bits per heavy atom. The highest BCUT2D eigenvalue weighted by Gasteiger charge is 2.09. The first-order valence-corrected chi connectivity index (χ1v) is 7.48. The fraction of sp³-hybridized carbons (Fsp3) is 0.211. The molecule has 0 aliphatic rings. The zero-order chi connectivity index (χ0) is 16.7. The largest absolute Gasteiger partial charge is 0.508 e. The Morgan fingerprint density at radius 3 is 2.30 bits per heavy atom. The Labute approximate surface area is 136 Å². The van der Waals surface area contributed by atoms with Crippen LogP contribution >= 0.6 is 0 Å². The molecule has 2 rings (SSSR count). The van der Waals surface area contributed by atoms with Crippen LogP contribution in [0.5, 0.6) is 17.2 Å². The predicted octanol–water partition coefficient (Wildman–Crippen LogP) is 4.25. The van der Waals surface area contributed by atoms with E-state index in [1.165, 1.54) is 0 Å². The number of benzene rings is 2. The van der Waals surface area contributed by atoms with Gasteiger partial charge in [0.05, 0.1) is 24.9 Å². The number of nitrogens with zero attached hydrogens (tertiary/aromatic N) is 1. The van der Waals surface area contributed by atoms with Crippen LogP contribution in [0.25, 0.3) is 11.6 Å². The standard InChI is InChI=1S/C19H19NO3/c1-3-22-18-10-7-15(12-19(18)23-4-2)16(13-20)11-14-5-8-17(21)9-6-14/h5-12,21H,3-4H2,1-2H3/b16-11+. The third kappa shape index (κ3) is 4.27. The summed E-state index contributed by atoms with van der Waals surface area (Å²) in [4.78, 5) is 0. The van der Waals surface area contributed by atoms with Gasteiger partial charge in [0.1, 0.15) is 5.75 Å². The van der Waals surface area contributed by atoms with E-state index in [1.54, 1.807) is 30.3 Å². The molecule has 0 amide bonds. The lowest BCUT2D eigenvalue weighted by atomic mass is 10.0. The lowest BCUT2D eigenvalue weighted by molar-refractivity contribution is 0.287. The van der Waals surface area contributed by atoms with Crippen LogP contribution < -0.4 is 9.47 Å². The topological polar surface area (TPSA) is 62.5 Å². The Bertz CT molecular complexity index is 727. The van der Waals surface area contributed by atoms with Gasteiger partial charge in [0.15, 0.2) is 11.5 Å². The molecule has 2 aromatic carbocycles. The Morgan fingerprint density at radius 1 is 1.04 bits per heavy atom. The van der Waals surface area contributed by atoms with Gasteiger partial charge in [-0.1, -0.05) is 12.1 Å². The van der Waals surface area contributed by atoms with Crippen molar-refractivity contribution in [3.05, 3.63) is 53.6 Å². The highest BCUT2D eigenvalue weighted by molar-refractivity contribution is 5.90. The van der Waals surface area contributed by atoms with Crippen molar-refractivity contribution in [2.45, 2.75) is 13.8 Å². The van der Waals surface area contributed by atoms with E-state index in [0.717, 1.165) is 11.1 Å². The van der Waals surface area contributed by atoms with Crippen molar-refractivity contribution in [1.82, 2.24) is 0 Å². The van der Waals surface area contributed by atoms with E-state index in [0.29, 0.717) is 30.3 Å². The maximum absolute atomic E-state index is 9.45. The van der Waals surface area contributed by atoms with E-state index in [1.807, 2.05) is 32.0 Å². The van der Waals surface area contributed by atoms with Crippen molar-refractivity contribution in [1.29, 1.82) is 5.26 Å². The van der Waals surface area contributed by atoms with Crippen molar-refractivity contribution in [3.8, 4) is 23.3 Å². The molecule has 1 N–H and O–H groups in total. The van der Waals surface area contributed by atoms with Crippen LogP contribution in [0.15, 0.2) is 42.5 Å². The van der Waals surface area contributed by atoms with Crippen LogP contribution in [0.2, 0.25) is 0 Å². The minimum Gasteiger partial charge on any atom is -0.508 e. The van der Waals surface area contributed by atoms with Gasteiger partial charge in [-0.3, -0.25) is 0 Å². The quantitative estimate of drug-likeness (QED) is 0.640. The predicted molar refractivity (Wildman–Crippen MR) is 90.4 cm³/mol. The average molecular weight is 309 g/mol. The van der Waals surface area contributed by atoms with Gasteiger partial charge in [-0.25, -0.2) is 0 Å². The van der Waals surface area contributed by atoms with E-state index in [4.69, 9.17) is 9.47 Å². The van der Waals surface area contributed by atoms with Crippen LogP contribution in [0.4, 0.5) is 0 Å². The molecular weight excluding hydrogens is 290 g/mol. The third-order valence-electron chi connectivity index (χ3n) is 3.18. The number of phenols is 1. The molecule has 0 aromatic heterocycles. The highest BCUT2D eigenvalue weighted by atomic mass is 16.5. The van der Waals surface area contributed by atoms with Gasteiger partial charge in [-0.2, -0.15) is 5.26 Å².